The second-order valence-electron chi connectivity index (χ2n) is 6.62. The lowest BCUT2D eigenvalue weighted by atomic mass is 9.85. The minimum absolute atomic E-state index is 0.416. The highest BCUT2D eigenvalue weighted by Crippen LogP contribution is 2.36. The van der Waals surface area contributed by atoms with Crippen LogP contribution >= 0.6 is 0 Å². The standard InChI is InChI=1S/C15H28N2O2/c1-11-5-4-6-12(9-11)17(3)13-7-8-15(10-13,16-2)14(18)19/h11-13,16H,4-10H2,1-3H3,(H,18,19). The Hall–Kier alpha value is -0.610. The third-order valence-electron chi connectivity index (χ3n) is 5.44. The van der Waals surface area contributed by atoms with Gasteiger partial charge in [-0.05, 0) is 52.1 Å². The first kappa shape index (κ1) is 14.8. The number of nitrogens with zero attached hydrogens (tertiary/aromatic N) is 1. The molecule has 0 radical (unpaired) electrons. The van der Waals surface area contributed by atoms with E-state index >= 15 is 0 Å². The van der Waals surface area contributed by atoms with Crippen LogP contribution in [0.1, 0.15) is 51.9 Å². The molecule has 4 nitrogen and oxygen atoms in total. The van der Waals surface area contributed by atoms with Crippen molar-refractivity contribution in [2.75, 3.05) is 14.1 Å². The van der Waals surface area contributed by atoms with E-state index in [0.717, 1.165) is 25.2 Å². The van der Waals surface area contributed by atoms with Crippen molar-refractivity contribution >= 4 is 5.97 Å². The van der Waals surface area contributed by atoms with E-state index in [4.69, 9.17) is 0 Å². The quantitative estimate of drug-likeness (QED) is 0.820. The summed E-state index contributed by atoms with van der Waals surface area (Å²) in [4.78, 5) is 13.9. The van der Waals surface area contributed by atoms with Crippen molar-refractivity contribution in [1.29, 1.82) is 0 Å². The zero-order valence-electron chi connectivity index (χ0n) is 12.5. The summed E-state index contributed by atoms with van der Waals surface area (Å²) in [5, 5.41) is 12.5. The lowest BCUT2D eigenvalue weighted by Crippen LogP contribution is -2.50. The molecule has 4 heteroatoms. The molecule has 110 valence electrons. The summed E-state index contributed by atoms with van der Waals surface area (Å²) >= 11 is 0. The van der Waals surface area contributed by atoms with Crippen LogP contribution in [0.25, 0.3) is 0 Å². The maximum Gasteiger partial charge on any atom is 0.323 e. The molecule has 2 aliphatic carbocycles. The van der Waals surface area contributed by atoms with E-state index in [-0.39, 0.29) is 0 Å². The summed E-state index contributed by atoms with van der Waals surface area (Å²) in [5.41, 5.74) is -0.695. The number of carboxylic acid groups (broad SMARTS) is 1. The Morgan fingerprint density at radius 1 is 1.32 bits per heavy atom. The van der Waals surface area contributed by atoms with Crippen LogP contribution in [0.15, 0.2) is 0 Å². The van der Waals surface area contributed by atoms with Gasteiger partial charge in [-0.2, -0.15) is 0 Å². The number of hydrogen-bond acceptors (Lipinski definition) is 3. The van der Waals surface area contributed by atoms with Crippen LogP contribution in [0, 0.1) is 5.92 Å². The number of likely N-dealkylation sites (N-methyl/N-ethyl adjacent to an activating group) is 1. The van der Waals surface area contributed by atoms with Crippen molar-refractivity contribution in [3.63, 3.8) is 0 Å². The molecule has 0 aliphatic heterocycles. The second-order valence-corrected chi connectivity index (χ2v) is 6.62. The monoisotopic (exact) mass is 268 g/mol. The van der Waals surface area contributed by atoms with Crippen LogP contribution in [0.3, 0.4) is 0 Å². The predicted molar refractivity (Wildman–Crippen MR) is 76.2 cm³/mol. The number of carbonyl (C=O) groups is 1. The normalized spacial score (nSPS) is 39.7. The van der Waals surface area contributed by atoms with Gasteiger partial charge < -0.3 is 15.3 Å². The van der Waals surface area contributed by atoms with Gasteiger partial charge in [0.2, 0.25) is 0 Å². The minimum Gasteiger partial charge on any atom is -0.480 e. The molecule has 0 saturated heterocycles. The van der Waals surface area contributed by atoms with E-state index in [9.17, 15) is 9.90 Å². The van der Waals surface area contributed by atoms with E-state index in [1.54, 1.807) is 7.05 Å². The van der Waals surface area contributed by atoms with Gasteiger partial charge >= 0.3 is 5.97 Å². The van der Waals surface area contributed by atoms with Crippen molar-refractivity contribution in [2.24, 2.45) is 5.92 Å². The van der Waals surface area contributed by atoms with Crippen LogP contribution in [0.5, 0.6) is 0 Å². The molecule has 2 N–H and O–H groups in total. The fraction of sp³-hybridized carbons (Fsp3) is 0.933. The summed E-state index contributed by atoms with van der Waals surface area (Å²) < 4.78 is 0. The zero-order chi connectivity index (χ0) is 14.0. The molecule has 2 saturated carbocycles. The first-order valence-corrected chi connectivity index (χ1v) is 7.63. The molecule has 0 heterocycles. The molecular weight excluding hydrogens is 240 g/mol. The topological polar surface area (TPSA) is 52.6 Å². The van der Waals surface area contributed by atoms with Gasteiger partial charge in [-0.15, -0.1) is 0 Å². The summed E-state index contributed by atoms with van der Waals surface area (Å²) in [6.45, 7) is 2.34. The largest absolute Gasteiger partial charge is 0.480 e. The number of nitrogens with one attached hydrogen (secondary N) is 1. The maximum atomic E-state index is 11.5. The maximum absolute atomic E-state index is 11.5. The van der Waals surface area contributed by atoms with E-state index in [1.165, 1.54) is 25.7 Å². The van der Waals surface area contributed by atoms with Gasteiger partial charge in [-0.25, -0.2) is 0 Å². The van der Waals surface area contributed by atoms with E-state index in [1.807, 2.05) is 0 Å². The summed E-state index contributed by atoms with van der Waals surface area (Å²) in [5.74, 6) is 0.124. The lowest BCUT2D eigenvalue weighted by molar-refractivity contribution is -0.144. The second kappa shape index (κ2) is 5.80. The summed E-state index contributed by atoms with van der Waals surface area (Å²) in [6, 6.07) is 1.06. The van der Waals surface area contributed by atoms with Crippen molar-refractivity contribution in [2.45, 2.75) is 69.5 Å². The van der Waals surface area contributed by atoms with Gasteiger partial charge in [0.25, 0.3) is 0 Å². The third-order valence-corrected chi connectivity index (χ3v) is 5.44. The van der Waals surface area contributed by atoms with Gasteiger partial charge in [0, 0.05) is 12.1 Å². The molecule has 0 aromatic carbocycles. The first-order chi connectivity index (χ1) is 8.98. The smallest absolute Gasteiger partial charge is 0.323 e. The molecule has 0 aromatic rings. The average molecular weight is 268 g/mol. The van der Waals surface area contributed by atoms with Crippen LogP contribution in [0.2, 0.25) is 0 Å². The first-order valence-electron chi connectivity index (χ1n) is 7.63. The fourth-order valence-corrected chi connectivity index (χ4v) is 3.97. The van der Waals surface area contributed by atoms with E-state index < -0.39 is 11.5 Å². The Morgan fingerprint density at radius 2 is 2.05 bits per heavy atom. The molecule has 2 aliphatic rings. The van der Waals surface area contributed by atoms with Crippen LogP contribution in [-0.2, 0) is 4.79 Å². The van der Waals surface area contributed by atoms with Gasteiger partial charge in [-0.1, -0.05) is 19.8 Å². The molecule has 2 fully saturated rings. The van der Waals surface area contributed by atoms with Crippen molar-refractivity contribution in [3.05, 3.63) is 0 Å². The van der Waals surface area contributed by atoms with Gasteiger partial charge in [0.1, 0.15) is 5.54 Å². The van der Waals surface area contributed by atoms with E-state index in [2.05, 4.69) is 24.2 Å². The Labute approximate surface area is 116 Å². The molecular formula is C15H28N2O2. The SMILES string of the molecule is CNC1(C(=O)O)CCC(N(C)C2CCCC(C)C2)C1. The number of aliphatic carboxylic acids is 1. The molecule has 4 unspecified atom stereocenters. The number of carboxylic acids is 1. The van der Waals surface area contributed by atoms with Gasteiger partial charge in [-0.3, -0.25) is 4.79 Å². The Bertz CT molecular complexity index is 334. The highest BCUT2D eigenvalue weighted by Gasteiger charge is 2.46. The number of rotatable bonds is 4. The molecule has 0 amide bonds. The van der Waals surface area contributed by atoms with Crippen LogP contribution < -0.4 is 5.32 Å². The minimum atomic E-state index is -0.695. The Morgan fingerprint density at radius 3 is 2.58 bits per heavy atom. The van der Waals surface area contributed by atoms with Crippen LogP contribution in [-0.4, -0.2) is 47.7 Å². The Balaban J connectivity index is 1.98. The molecule has 19 heavy (non-hydrogen) atoms. The van der Waals surface area contributed by atoms with Crippen molar-refractivity contribution in [1.82, 2.24) is 10.2 Å². The predicted octanol–water partition coefficient (Wildman–Crippen LogP) is 2.09. The van der Waals surface area contributed by atoms with Gasteiger partial charge in [0.15, 0.2) is 0 Å². The van der Waals surface area contributed by atoms with E-state index in [0.29, 0.717) is 12.1 Å². The molecule has 0 spiro atoms. The highest BCUT2D eigenvalue weighted by atomic mass is 16.4. The number of hydrogen-bond donors (Lipinski definition) is 2. The highest BCUT2D eigenvalue weighted by molar-refractivity contribution is 5.79. The zero-order valence-corrected chi connectivity index (χ0v) is 12.5. The molecule has 0 aromatic heterocycles. The Kier molecular flexibility index (Phi) is 4.51. The van der Waals surface area contributed by atoms with Gasteiger partial charge in [0.05, 0.1) is 0 Å². The molecule has 2 rings (SSSR count). The molecule has 0 bridgehead atoms. The third kappa shape index (κ3) is 2.95. The summed E-state index contributed by atoms with van der Waals surface area (Å²) in [6.07, 6.45) is 7.69. The average Bonchev–Trinajstić information content (AvgIpc) is 2.83. The summed E-state index contributed by atoms with van der Waals surface area (Å²) in [7, 11) is 3.97. The van der Waals surface area contributed by atoms with Crippen LogP contribution in [0.4, 0.5) is 0 Å². The molecule has 4 atom stereocenters. The van der Waals surface area contributed by atoms with Crippen molar-refractivity contribution in [3.8, 4) is 0 Å². The lowest BCUT2D eigenvalue weighted by Gasteiger charge is -2.38. The van der Waals surface area contributed by atoms with Crippen molar-refractivity contribution < 1.29 is 9.90 Å². The fourth-order valence-electron chi connectivity index (χ4n) is 3.97.